The first-order valence-corrected chi connectivity index (χ1v) is 10.4. The van der Waals surface area contributed by atoms with Crippen molar-refractivity contribution in [1.82, 2.24) is 4.98 Å². The number of ether oxygens (including phenoxy) is 1. The summed E-state index contributed by atoms with van der Waals surface area (Å²) in [6.45, 7) is 0.497. The van der Waals surface area contributed by atoms with E-state index in [4.69, 9.17) is 4.74 Å². The van der Waals surface area contributed by atoms with Gasteiger partial charge in [0.15, 0.2) is 9.84 Å². The van der Waals surface area contributed by atoms with E-state index in [1.165, 1.54) is 12.1 Å². The second-order valence-electron chi connectivity index (χ2n) is 6.84. The number of sulfone groups is 1. The average molecular weight is 389 g/mol. The van der Waals surface area contributed by atoms with Gasteiger partial charge in [-0.15, -0.1) is 0 Å². The molecule has 2 atom stereocenters. The lowest BCUT2D eigenvalue weighted by molar-refractivity contribution is 0.0513. The lowest BCUT2D eigenvalue weighted by Gasteiger charge is -2.16. The SMILES string of the molecule is O=S(=O)(c1ccc(-c2c[nH]c3cc(F)ccc23)cc1)C1CCOCC(O)C1. The van der Waals surface area contributed by atoms with Gasteiger partial charge in [0.05, 0.1) is 22.9 Å². The average Bonchev–Trinajstić information content (AvgIpc) is 2.93. The molecule has 2 aromatic carbocycles. The quantitative estimate of drug-likeness (QED) is 0.720. The molecule has 5 nitrogen and oxygen atoms in total. The van der Waals surface area contributed by atoms with Crippen LogP contribution in [-0.4, -0.2) is 43.1 Å². The van der Waals surface area contributed by atoms with Gasteiger partial charge >= 0.3 is 0 Å². The Labute approximate surface area is 156 Å². The zero-order valence-electron chi connectivity index (χ0n) is 14.6. The van der Waals surface area contributed by atoms with Crippen LogP contribution < -0.4 is 0 Å². The molecule has 1 aliphatic rings. The van der Waals surface area contributed by atoms with E-state index in [1.54, 1.807) is 36.5 Å². The highest BCUT2D eigenvalue weighted by Crippen LogP contribution is 2.31. The number of aliphatic hydroxyl groups is 1. The number of hydrogen-bond acceptors (Lipinski definition) is 4. The van der Waals surface area contributed by atoms with E-state index in [2.05, 4.69) is 4.98 Å². The fourth-order valence-electron chi connectivity index (χ4n) is 3.56. The van der Waals surface area contributed by atoms with Gasteiger partial charge in [-0.2, -0.15) is 0 Å². The predicted octanol–water partition coefficient (Wildman–Crippen LogP) is 3.29. The summed E-state index contributed by atoms with van der Waals surface area (Å²) < 4.78 is 44.4. The zero-order valence-corrected chi connectivity index (χ0v) is 15.4. The molecule has 4 rings (SSSR count). The third-order valence-electron chi connectivity index (χ3n) is 5.01. The molecule has 0 spiro atoms. The first-order valence-electron chi connectivity index (χ1n) is 8.82. The molecule has 27 heavy (non-hydrogen) atoms. The molecule has 0 amide bonds. The van der Waals surface area contributed by atoms with Gasteiger partial charge in [0.2, 0.25) is 0 Å². The highest BCUT2D eigenvalue weighted by atomic mass is 32.2. The number of aliphatic hydroxyl groups excluding tert-OH is 1. The maximum absolute atomic E-state index is 13.4. The van der Waals surface area contributed by atoms with Crippen LogP contribution in [-0.2, 0) is 14.6 Å². The molecule has 2 N–H and O–H groups in total. The Morgan fingerprint density at radius 1 is 1.15 bits per heavy atom. The van der Waals surface area contributed by atoms with Crippen molar-refractivity contribution in [3.63, 3.8) is 0 Å². The number of hydrogen-bond donors (Lipinski definition) is 2. The Morgan fingerprint density at radius 3 is 2.70 bits per heavy atom. The number of H-pyrrole nitrogens is 1. The normalized spacial score (nSPS) is 21.3. The Morgan fingerprint density at radius 2 is 1.93 bits per heavy atom. The Kier molecular flexibility index (Phi) is 4.75. The van der Waals surface area contributed by atoms with Crippen LogP contribution in [0.25, 0.3) is 22.0 Å². The van der Waals surface area contributed by atoms with E-state index in [1.807, 2.05) is 0 Å². The van der Waals surface area contributed by atoms with Crippen LogP contribution in [0.4, 0.5) is 4.39 Å². The molecule has 1 aromatic heterocycles. The minimum absolute atomic E-state index is 0.173. The molecule has 0 aliphatic carbocycles. The van der Waals surface area contributed by atoms with Gasteiger partial charge in [0, 0.05) is 29.3 Å². The highest BCUT2D eigenvalue weighted by molar-refractivity contribution is 7.92. The summed E-state index contributed by atoms with van der Waals surface area (Å²) in [6, 6.07) is 11.2. The van der Waals surface area contributed by atoms with Crippen LogP contribution in [0, 0.1) is 5.82 Å². The molecule has 2 unspecified atom stereocenters. The lowest BCUT2D eigenvalue weighted by Crippen LogP contribution is -2.26. The van der Waals surface area contributed by atoms with Gasteiger partial charge in [-0.3, -0.25) is 0 Å². The number of nitrogens with one attached hydrogen (secondary N) is 1. The van der Waals surface area contributed by atoms with Gasteiger partial charge < -0.3 is 14.8 Å². The number of rotatable bonds is 3. The fraction of sp³-hybridized carbons (Fsp3) is 0.300. The van der Waals surface area contributed by atoms with Crippen molar-refractivity contribution in [1.29, 1.82) is 0 Å². The monoisotopic (exact) mass is 389 g/mol. The van der Waals surface area contributed by atoms with E-state index >= 15 is 0 Å². The summed E-state index contributed by atoms with van der Waals surface area (Å²) in [4.78, 5) is 3.27. The van der Waals surface area contributed by atoms with Crippen molar-refractivity contribution in [2.45, 2.75) is 29.1 Å². The van der Waals surface area contributed by atoms with E-state index in [-0.39, 0.29) is 23.7 Å². The molecular formula is C20H20FNO4S. The van der Waals surface area contributed by atoms with Crippen LogP contribution in [0.2, 0.25) is 0 Å². The molecule has 0 radical (unpaired) electrons. The summed E-state index contributed by atoms with van der Waals surface area (Å²) in [5, 5.41) is 10.1. The molecule has 1 saturated heterocycles. The first kappa shape index (κ1) is 18.2. The van der Waals surface area contributed by atoms with Crippen molar-refractivity contribution >= 4 is 20.7 Å². The second-order valence-corrected chi connectivity index (χ2v) is 9.06. The number of aromatic amines is 1. The van der Waals surface area contributed by atoms with Gasteiger partial charge in [0.1, 0.15) is 5.82 Å². The molecule has 7 heteroatoms. The van der Waals surface area contributed by atoms with Crippen LogP contribution in [0.15, 0.2) is 53.6 Å². The van der Waals surface area contributed by atoms with Crippen molar-refractivity contribution in [2.75, 3.05) is 13.2 Å². The van der Waals surface area contributed by atoms with Gasteiger partial charge in [-0.1, -0.05) is 12.1 Å². The maximum atomic E-state index is 13.4. The summed E-state index contributed by atoms with van der Waals surface area (Å²) in [7, 11) is -3.55. The highest BCUT2D eigenvalue weighted by Gasteiger charge is 2.31. The van der Waals surface area contributed by atoms with Crippen LogP contribution in [0.3, 0.4) is 0 Å². The van der Waals surface area contributed by atoms with Crippen LogP contribution >= 0.6 is 0 Å². The van der Waals surface area contributed by atoms with E-state index < -0.39 is 21.2 Å². The van der Waals surface area contributed by atoms with Crippen LogP contribution in [0.5, 0.6) is 0 Å². The smallest absolute Gasteiger partial charge is 0.181 e. The van der Waals surface area contributed by atoms with Crippen LogP contribution in [0.1, 0.15) is 12.8 Å². The molecule has 0 bridgehead atoms. The largest absolute Gasteiger partial charge is 0.391 e. The molecular weight excluding hydrogens is 369 g/mol. The summed E-state index contributed by atoms with van der Waals surface area (Å²) in [5.74, 6) is -0.313. The maximum Gasteiger partial charge on any atom is 0.181 e. The summed E-state index contributed by atoms with van der Waals surface area (Å²) in [6.07, 6.45) is 1.57. The number of aromatic nitrogens is 1. The van der Waals surface area contributed by atoms with Gasteiger partial charge in [-0.25, -0.2) is 12.8 Å². The van der Waals surface area contributed by atoms with Crippen molar-refractivity contribution in [3.8, 4) is 11.1 Å². The molecule has 1 fully saturated rings. The standard InChI is InChI=1S/C20H20FNO4S/c21-14-3-6-18-19(11-22-20(18)9-14)13-1-4-16(5-2-13)27(24,25)17-7-8-26-12-15(23)10-17/h1-6,9,11,15,17,22-23H,7-8,10,12H2. The van der Waals surface area contributed by atoms with Gasteiger partial charge in [0.25, 0.3) is 0 Å². The number of benzene rings is 2. The van der Waals surface area contributed by atoms with Gasteiger partial charge in [-0.05, 0) is 48.7 Å². The fourth-order valence-corrected chi connectivity index (χ4v) is 5.34. The summed E-state index contributed by atoms with van der Waals surface area (Å²) >= 11 is 0. The number of halogens is 1. The molecule has 1 aliphatic heterocycles. The Bertz CT molecular complexity index is 1060. The van der Waals surface area contributed by atoms with E-state index in [0.29, 0.717) is 18.5 Å². The first-order chi connectivity index (χ1) is 12.9. The van der Waals surface area contributed by atoms with Crippen molar-refractivity contribution in [3.05, 3.63) is 54.5 Å². The van der Waals surface area contributed by atoms with E-state index in [9.17, 15) is 17.9 Å². The Balaban J connectivity index is 1.65. The minimum atomic E-state index is -3.55. The molecule has 3 aromatic rings. The molecule has 2 heterocycles. The van der Waals surface area contributed by atoms with Crippen molar-refractivity contribution in [2.24, 2.45) is 0 Å². The Hall–Kier alpha value is -2.22. The second kappa shape index (κ2) is 7.07. The zero-order chi connectivity index (χ0) is 19.0. The third-order valence-corrected chi connectivity index (χ3v) is 7.24. The van der Waals surface area contributed by atoms with E-state index in [0.717, 1.165) is 16.5 Å². The molecule has 0 saturated carbocycles. The third kappa shape index (κ3) is 3.50. The minimum Gasteiger partial charge on any atom is -0.391 e. The summed E-state index contributed by atoms with van der Waals surface area (Å²) in [5.41, 5.74) is 2.41. The lowest BCUT2D eigenvalue weighted by atomic mass is 10.1. The number of fused-ring (bicyclic) bond motifs is 1. The molecule has 142 valence electrons. The van der Waals surface area contributed by atoms with Crippen molar-refractivity contribution < 1.29 is 22.7 Å². The predicted molar refractivity (Wildman–Crippen MR) is 101 cm³/mol. The topological polar surface area (TPSA) is 79.4 Å².